The first-order valence-electron chi connectivity index (χ1n) is 8.46. The van der Waals surface area contributed by atoms with Crippen molar-refractivity contribution in [2.24, 2.45) is 13.0 Å². The molecular weight excluding hydrogens is 350 g/mol. The molecule has 3 aromatic heterocycles. The van der Waals surface area contributed by atoms with Crippen LogP contribution in [0, 0.1) is 5.92 Å². The Kier molecular flexibility index (Phi) is 3.99. The number of aromatic nitrogens is 5. The van der Waals surface area contributed by atoms with E-state index in [4.69, 9.17) is 0 Å². The van der Waals surface area contributed by atoms with Gasteiger partial charge < -0.3 is 0 Å². The quantitative estimate of drug-likeness (QED) is 0.553. The number of hydrogen-bond donors (Lipinski definition) is 0. The smallest absolute Gasteiger partial charge is 0.284 e. The minimum atomic E-state index is -0.268. The summed E-state index contributed by atoms with van der Waals surface area (Å²) in [4.78, 5) is 26.8. The lowest BCUT2D eigenvalue weighted by Crippen LogP contribution is -2.38. The molecule has 0 spiro atoms. The molecule has 7 nitrogen and oxygen atoms in total. The molecule has 0 bridgehead atoms. The van der Waals surface area contributed by atoms with Crippen LogP contribution in [-0.2, 0) is 20.1 Å². The van der Waals surface area contributed by atoms with Crippen molar-refractivity contribution in [3.05, 3.63) is 56.0 Å². The van der Waals surface area contributed by atoms with Crippen molar-refractivity contribution in [1.82, 2.24) is 24.1 Å². The van der Waals surface area contributed by atoms with Crippen molar-refractivity contribution in [2.75, 3.05) is 0 Å². The van der Waals surface area contributed by atoms with Crippen molar-refractivity contribution < 1.29 is 0 Å². The highest BCUT2D eigenvalue weighted by Crippen LogP contribution is 2.24. The fraction of sp³-hybridized carbons (Fsp3) is 0.333. The van der Waals surface area contributed by atoms with Crippen molar-refractivity contribution >= 4 is 32.6 Å². The number of hydrogen-bond acceptors (Lipinski definition) is 5. The van der Waals surface area contributed by atoms with Crippen LogP contribution in [0.5, 0.6) is 0 Å². The Morgan fingerprint density at radius 2 is 1.96 bits per heavy atom. The van der Waals surface area contributed by atoms with E-state index in [1.54, 1.807) is 4.57 Å². The van der Waals surface area contributed by atoms with E-state index in [0.717, 1.165) is 20.7 Å². The van der Waals surface area contributed by atoms with Crippen LogP contribution in [0.2, 0.25) is 0 Å². The molecule has 26 heavy (non-hydrogen) atoms. The highest BCUT2D eigenvalue weighted by Gasteiger charge is 2.16. The number of nitrogens with zero attached hydrogens (tertiary/aromatic N) is 5. The average Bonchev–Trinajstić information content (AvgIpc) is 3.22. The molecule has 0 radical (unpaired) electrons. The Morgan fingerprint density at radius 3 is 2.73 bits per heavy atom. The molecule has 134 valence electrons. The molecule has 0 aliphatic heterocycles. The van der Waals surface area contributed by atoms with Crippen molar-refractivity contribution in [1.29, 1.82) is 0 Å². The lowest BCUT2D eigenvalue weighted by Gasteiger charge is -2.11. The molecule has 0 aliphatic carbocycles. The van der Waals surface area contributed by atoms with Crippen LogP contribution in [0.3, 0.4) is 0 Å². The normalized spacial score (nSPS) is 11.8. The summed E-state index contributed by atoms with van der Waals surface area (Å²) in [5.74, 6) is 0.304. The number of para-hydroxylation sites is 1. The van der Waals surface area contributed by atoms with Gasteiger partial charge in [-0.3, -0.25) is 13.9 Å². The summed E-state index contributed by atoms with van der Waals surface area (Å²) < 4.78 is 4.70. The third kappa shape index (κ3) is 2.66. The maximum atomic E-state index is 12.5. The van der Waals surface area contributed by atoms with Gasteiger partial charge >= 0.3 is 5.69 Å². The van der Waals surface area contributed by atoms with Gasteiger partial charge in [0, 0.05) is 18.5 Å². The molecule has 0 N–H and O–H groups in total. The summed E-state index contributed by atoms with van der Waals surface area (Å²) in [6.07, 6.45) is 0. The third-order valence-corrected chi connectivity index (χ3v) is 5.48. The van der Waals surface area contributed by atoms with Crippen molar-refractivity contribution in [2.45, 2.75) is 26.9 Å². The van der Waals surface area contributed by atoms with Gasteiger partial charge in [-0.15, -0.1) is 16.4 Å². The van der Waals surface area contributed by atoms with Crippen molar-refractivity contribution in [3.63, 3.8) is 0 Å². The lowest BCUT2D eigenvalue weighted by atomic mass is 10.2. The number of thiophene rings is 1. The Hall–Kier alpha value is -2.74. The summed E-state index contributed by atoms with van der Waals surface area (Å²) in [6, 6.07) is 9.63. The summed E-state index contributed by atoms with van der Waals surface area (Å²) >= 11 is 1.47. The molecule has 4 rings (SSSR count). The minimum Gasteiger partial charge on any atom is -0.284 e. The summed E-state index contributed by atoms with van der Waals surface area (Å²) in [7, 11) is 1.53. The first-order valence-corrected chi connectivity index (χ1v) is 9.28. The van der Waals surface area contributed by atoms with Crippen LogP contribution in [0.1, 0.15) is 18.7 Å². The Morgan fingerprint density at radius 1 is 1.19 bits per heavy atom. The van der Waals surface area contributed by atoms with E-state index in [2.05, 4.69) is 24.2 Å². The summed E-state index contributed by atoms with van der Waals surface area (Å²) in [5.41, 5.74) is 1.26. The average molecular weight is 369 g/mol. The molecule has 0 amide bonds. The molecule has 4 aromatic rings. The second-order valence-electron chi connectivity index (χ2n) is 6.82. The molecule has 0 fully saturated rings. The van der Waals surface area contributed by atoms with Crippen LogP contribution < -0.4 is 11.2 Å². The number of benzene rings is 1. The topological polar surface area (TPSA) is 74.7 Å². The van der Waals surface area contributed by atoms with E-state index in [0.29, 0.717) is 24.4 Å². The first kappa shape index (κ1) is 16.7. The van der Waals surface area contributed by atoms with Gasteiger partial charge in [-0.1, -0.05) is 31.2 Å². The molecule has 1 aromatic carbocycles. The maximum Gasteiger partial charge on any atom is 0.331 e. The zero-order valence-electron chi connectivity index (χ0n) is 14.8. The van der Waals surface area contributed by atoms with Gasteiger partial charge in [0.2, 0.25) is 0 Å². The van der Waals surface area contributed by atoms with E-state index in [9.17, 15) is 9.59 Å². The fourth-order valence-electron chi connectivity index (χ4n) is 3.11. The molecule has 3 heterocycles. The zero-order chi connectivity index (χ0) is 18.4. The van der Waals surface area contributed by atoms with E-state index >= 15 is 0 Å². The zero-order valence-corrected chi connectivity index (χ0v) is 15.7. The standard InChI is InChI=1S/C18H19N5O2S/c1-11(2)9-22-17-13(16(24)21(3)18(22)25)8-12(26-17)10-23-15-7-5-4-6-14(15)19-20-23/h4-8,11H,9-10H2,1-3H3. The van der Waals surface area contributed by atoms with Crippen LogP contribution in [0.15, 0.2) is 39.9 Å². The summed E-state index contributed by atoms with van der Waals surface area (Å²) in [5, 5.41) is 8.96. The molecular formula is C18H19N5O2S. The van der Waals surface area contributed by atoms with E-state index in [1.165, 1.54) is 23.0 Å². The highest BCUT2D eigenvalue weighted by atomic mass is 32.1. The largest absolute Gasteiger partial charge is 0.331 e. The molecule has 0 saturated carbocycles. The van der Waals surface area contributed by atoms with Crippen LogP contribution >= 0.6 is 11.3 Å². The predicted octanol–water partition coefficient (Wildman–Crippen LogP) is 2.21. The number of rotatable bonds is 4. The number of fused-ring (bicyclic) bond motifs is 2. The van der Waals surface area contributed by atoms with E-state index in [1.807, 2.05) is 35.0 Å². The molecule has 8 heteroatoms. The highest BCUT2D eigenvalue weighted by molar-refractivity contribution is 7.18. The van der Waals surface area contributed by atoms with Crippen LogP contribution in [0.4, 0.5) is 0 Å². The van der Waals surface area contributed by atoms with Gasteiger partial charge in [-0.25, -0.2) is 9.48 Å². The van der Waals surface area contributed by atoms with Gasteiger partial charge in [-0.2, -0.15) is 0 Å². The van der Waals surface area contributed by atoms with Gasteiger partial charge in [-0.05, 0) is 24.1 Å². The molecule has 0 atom stereocenters. The lowest BCUT2D eigenvalue weighted by molar-refractivity contribution is 0.504. The fourth-order valence-corrected chi connectivity index (χ4v) is 4.24. The van der Waals surface area contributed by atoms with Gasteiger partial charge in [0.15, 0.2) is 0 Å². The van der Waals surface area contributed by atoms with E-state index < -0.39 is 0 Å². The molecule has 0 saturated heterocycles. The van der Waals surface area contributed by atoms with Gasteiger partial charge in [0.25, 0.3) is 5.56 Å². The van der Waals surface area contributed by atoms with Crippen LogP contribution in [0.25, 0.3) is 21.3 Å². The first-order chi connectivity index (χ1) is 12.5. The third-order valence-electron chi connectivity index (χ3n) is 4.34. The minimum absolute atomic E-state index is 0.254. The maximum absolute atomic E-state index is 12.5. The summed E-state index contributed by atoms with van der Waals surface area (Å²) in [6.45, 7) is 5.20. The van der Waals surface area contributed by atoms with Gasteiger partial charge in [0.1, 0.15) is 10.3 Å². The van der Waals surface area contributed by atoms with Crippen LogP contribution in [-0.4, -0.2) is 24.1 Å². The van der Waals surface area contributed by atoms with Gasteiger partial charge in [0.05, 0.1) is 17.4 Å². The second kappa shape index (κ2) is 6.21. The van der Waals surface area contributed by atoms with Crippen molar-refractivity contribution in [3.8, 4) is 0 Å². The van der Waals surface area contributed by atoms with E-state index in [-0.39, 0.29) is 11.2 Å². The Bertz CT molecular complexity index is 1230. The SMILES string of the molecule is CC(C)Cn1c(=O)n(C)c(=O)c2cc(Cn3nnc4ccccc43)sc21. The molecule has 0 unspecified atom stereocenters. The second-order valence-corrected chi connectivity index (χ2v) is 7.93. The Labute approximate surface area is 153 Å². The molecule has 0 aliphatic rings. The monoisotopic (exact) mass is 369 g/mol. The predicted molar refractivity (Wildman–Crippen MR) is 103 cm³/mol. The Balaban J connectivity index is 1.86.